The van der Waals surface area contributed by atoms with Crippen LogP contribution in [0, 0.1) is 6.92 Å². The van der Waals surface area contributed by atoms with Gasteiger partial charge >= 0.3 is 0 Å². The third kappa shape index (κ3) is 3.29. The summed E-state index contributed by atoms with van der Waals surface area (Å²) in [6.45, 7) is 3.94. The number of hydrogen-bond donors (Lipinski definition) is 1. The van der Waals surface area contributed by atoms with Crippen molar-refractivity contribution in [1.29, 1.82) is 0 Å². The molecule has 0 unspecified atom stereocenters. The minimum Gasteiger partial charge on any atom is -0.341 e. The molecule has 0 saturated carbocycles. The lowest BCUT2D eigenvalue weighted by atomic mass is 10.1. The molecule has 1 aromatic carbocycles. The highest BCUT2D eigenvalue weighted by molar-refractivity contribution is 5.29. The van der Waals surface area contributed by atoms with Crippen molar-refractivity contribution >= 4 is 5.95 Å². The van der Waals surface area contributed by atoms with Crippen molar-refractivity contribution in [3.8, 4) is 0 Å². The fraction of sp³-hybridized carbons (Fsp3) is 0.438. The summed E-state index contributed by atoms with van der Waals surface area (Å²) >= 11 is 0. The lowest BCUT2D eigenvalue weighted by molar-refractivity contribution is 0.563. The summed E-state index contributed by atoms with van der Waals surface area (Å²) in [6.07, 6.45) is 4.06. The average Bonchev–Trinajstić information content (AvgIpc) is 2.52. The van der Waals surface area contributed by atoms with Gasteiger partial charge < -0.3 is 4.90 Å². The van der Waals surface area contributed by atoms with E-state index in [1.165, 1.54) is 12.0 Å². The van der Waals surface area contributed by atoms with Crippen LogP contribution in [0.25, 0.3) is 0 Å². The normalized spacial score (nSPS) is 15.2. The number of H-pyrrole nitrogens is 1. The van der Waals surface area contributed by atoms with Crippen LogP contribution < -0.4 is 10.5 Å². The molecule has 1 aliphatic rings. The first-order valence-corrected chi connectivity index (χ1v) is 7.49. The molecule has 0 radical (unpaired) electrons. The van der Waals surface area contributed by atoms with Crippen LogP contribution in [0.1, 0.15) is 36.1 Å². The van der Waals surface area contributed by atoms with Crippen molar-refractivity contribution < 1.29 is 0 Å². The van der Waals surface area contributed by atoms with Gasteiger partial charge in [-0.15, -0.1) is 10.2 Å². The van der Waals surface area contributed by atoms with E-state index in [2.05, 4.69) is 20.1 Å². The number of aromatic amines is 1. The second-order valence-electron chi connectivity index (χ2n) is 5.63. The Balaban J connectivity index is 1.77. The van der Waals surface area contributed by atoms with Gasteiger partial charge in [0, 0.05) is 19.5 Å². The van der Waals surface area contributed by atoms with Gasteiger partial charge in [-0.1, -0.05) is 29.8 Å². The first-order valence-electron chi connectivity index (χ1n) is 7.49. The van der Waals surface area contributed by atoms with Crippen LogP contribution in [0.5, 0.6) is 0 Å². The van der Waals surface area contributed by atoms with E-state index in [0.717, 1.165) is 31.5 Å². The maximum atomic E-state index is 12.2. The van der Waals surface area contributed by atoms with Crippen molar-refractivity contribution in [2.75, 3.05) is 18.0 Å². The van der Waals surface area contributed by atoms with Gasteiger partial charge in [0.1, 0.15) is 5.69 Å². The topological polar surface area (TPSA) is 61.9 Å². The predicted octanol–water partition coefficient (Wildman–Crippen LogP) is 2.05. The number of piperidine rings is 1. The Morgan fingerprint density at radius 2 is 1.81 bits per heavy atom. The van der Waals surface area contributed by atoms with Crippen LogP contribution in [0.15, 0.2) is 29.1 Å². The number of aromatic nitrogens is 3. The third-order valence-electron chi connectivity index (χ3n) is 3.90. The molecule has 1 N–H and O–H groups in total. The van der Waals surface area contributed by atoms with E-state index in [0.29, 0.717) is 18.1 Å². The Morgan fingerprint density at radius 3 is 2.48 bits per heavy atom. The van der Waals surface area contributed by atoms with Crippen LogP contribution in [0.3, 0.4) is 0 Å². The molecule has 0 spiro atoms. The largest absolute Gasteiger partial charge is 0.341 e. The molecule has 1 aliphatic heterocycles. The third-order valence-corrected chi connectivity index (χ3v) is 3.90. The number of nitrogens with one attached hydrogen (secondary N) is 1. The van der Waals surface area contributed by atoms with E-state index in [1.54, 1.807) is 0 Å². The maximum absolute atomic E-state index is 12.2. The van der Waals surface area contributed by atoms with E-state index in [-0.39, 0.29) is 5.56 Å². The highest BCUT2D eigenvalue weighted by Gasteiger charge is 2.14. The van der Waals surface area contributed by atoms with Gasteiger partial charge in [0.05, 0.1) is 0 Å². The second kappa shape index (κ2) is 6.08. The van der Waals surface area contributed by atoms with E-state index in [4.69, 9.17) is 0 Å². The van der Waals surface area contributed by atoms with E-state index >= 15 is 0 Å². The zero-order chi connectivity index (χ0) is 14.7. The second-order valence-corrected chi connectivity index (χ2v) is 5.63. The summed E-state index contributed by atoms with van der Waals surface area (Å²) in [7, 11) is 0. The van der Waals surface area contributed by atoms with Crippen LogP contribution in [-0.2, 0) is 6.42 Å². The standard InChI is InChI=1S/C16H20N4O/c1-12-5-7-13(8-6-12)11-14-15(21)17-16(19-18-14)20-9-3-2-4-10-20/h5-8H,2-4,9-11H2,1H3,(H,17,19,21). The first-order chi connectivity index (χ1) is 10.2. The van der Waals surface area contributed by atoms with E-state index in [9.17, 15) is 4.79 Å². The Kier molecular flexibility index (Phi) is 3.99. The number of anilines is 1. The smallest absolute Gasteiger partial charge is 0.274 e. The fourth-order valence-electron chi connectivity index (χ4n) is 2.61. The molecule has 0 bridgehead atoms. The molecule has 1 fully saturated rings. The highest BCUT2D eigenvalue weighted by atomic mass is 16.1. The van der Waals surface area contributed by atoms with Gasteiger partial charge in [0.25, 0.3) is 5.56 Å². The summed E-state index contributed by atoms with van der Waals surface area (Å²) in [5.41, 5.74) is 2.62. The quantitative estimate of drug-likeness (QED) is 0.937. The Labute approximate surface area is 124 Å². The molecule has 3 rings (SSSR count). The van der Waals surface area contributed by atoms with Crippen molar-refractivity contribution in [2.24, 2.45) is 0 Å². The summed E-state index contributed by atoms with van der Waals surface area (Å²) in [5.74, 6) is 0.604. The fourth-order valence-corrected chi connectivity index (χ4v) is 2.61. The predicted molar refractivity (Wildman–Crippen MR) is 82.7 cm³/mol. The molecule has 5 heteroatoms. The van der Waals surface area contributed by atoms with E-state index < -0.39 is 0 Å². The Morgan fingerprint density at radius 1 is 1.10 bits per heavy atom. The molecule has 2 aromatic rings. The van der Waals surface area contributed by atoms with Crippen molar-refractivity contribution in [3.63, 3.8) is 0 Å². The van der Waals surface area contributed by atoms with Gasteiger partial charge in [-0.3, -0.25) is 9.78 Å². The molecule has 0 atom stereocenters. The summed E-state index contributed by atoms with van der Waals surface area (Å²) in [4.78, 5) is 17.1. The van der Waals surface area contributed by atoms with Gasteiger partial charge in [0.15, 0.2) is 0 Å². The zero-order valence-electron chi connectivity index (χ0n) is 12.3. The highest BCUT2D eigenvalue weighted by Crippen LogP contribution is 2.13. The Bertz CT molecular complexity index is 657. The number of rotatable bonds is 3. The van der Waals surface area contributed by atoms with Crippen LogP contribution >= 0.6 is 0 Å². The molecule has 0 aliphatic carbocycles. The van der Waals surface area contributed by atoms with Crippen LogP contribution in [-0.4, -0.2) is 28.3 Å². The summed E-state index contributed by atoms with van der Waals surface area (Å²) < 4.78 is 0. The van der Waals surface area contributed by atoms with Crippen LogP contribution in [0.2, 0.25) is 0 Å². The number of hydrogen-bond acceptors (Lipinski definition) is 4. The van der Waals surface area contributed by atoms with Gasteiger partial charge in [-0.25, -0.2) is 0 Å². The average molecular weight is 284 g/mol. The monoisotopic (exact) mass is 284 g/mol. The van der Waals surface area contributed by atoms with Crippen molar-refractivity contribution in [2.45, 2.75) is 32.6 Å². The first kappa shape index (κ1) is 13.8. The summed E-state index contributed by atoms with van der Waals surface area (Å²) in [6, 6.07) is 8.13. The molecule has 110 valence electrons. The van der Waals surface area contributed by atoms with Gasteiger partial charge in [-0.05, 0) is 31.7 Å². The lowest BCUT2D eigenvalue weighted by Gasteiger charge is -2.26. The molecular weight excluding hydrogens is 264 g/mol. The molecule has 21 heavy (non-hydrogen) atoms. The van der Waals surface area contributed by atoms with Gasteiger partial charge in [-0.2, -0.15) is 0 Å². The minimum atomic E-state index is -0.133. The number of benzene rings is 1. The lowest BCUT2D eigenvalue weighted by Crippen LogP contribution is -2.33. The molecule has 2 heterocycles. The zero-order valence-corrected chi connectivity index (χ0v) is 12.3. The minimum absolute atomic E-state index is 0.133. The molecule has 5 nitrogen and oxygen atoms in total. The number of nitrogens with zero attached hydrogens (tertiary/aromatic N) is 3. The SMILES string of the molecule is Cc1ccc(Cc2nnc(N3CCCCC3)[nH]c2=O)cc1. The Hall–Kier alpha value is -2.17. The molecule has 1 aromatic heterocycles. The molecule has 1 saturated heterocycles. The van der Waals surface area contributed by atoms with E-state index in [1.807, 2.05) is 31.2 Å². The maximum Gasteiger partial charge on any atom is 0.274 e. The van der Waals surface area contributed by atoms with Crippen molar-refractivity contribution in [3.05, 3.63) is 51.4 Å². The van der Waals surface area contributed by atoms with Gasteiger partial charge in [0.2, 0.25) is 5.95 Å². The number of aryl methyl sites for hydroxylation is 1. The van der Waals surface area contributed by atoms with Crippen molar-refractivity contribution in [1.82, 2.24) is 15.2 Å². The summed E-state index contributed by atoms with van der Waals surface area (Å²) in [5, 5.41) is 8.33. The molecular formula is C16H20N4O. The van der Waals surface area contributed by atoms with Crippen LogP contribution in [0.4, 0.5) is 5.95 Å². The molecule has 0 amide bonds.